The number of carbonyl (C=O) groups is 1. The summed E-state index contributed by atoms with van der Waals surface area (Å²) in [6.07, 6.45) is 8.38. The van der Waals surface area contributed by atoms with Gasteiger partial charge >= 0.3 is 0 Å². The molecular formula is C19H20N2O2. The molecule has 1 aliphatic carbocycles. The van der Waals surface area contributed by atoms with Gasteiger partial charge in [0.15, 0.2) is 0 Å². The van der Waals surface area contributed by atoms with Crippen molar-refractivity contribution in [2.24, 2.45) is 5.92 Å². The Balaban J connectivity index is 1.75. The molecule has 0 fully saturated rings. The number of pyridine rings is 1. The number of nitrogens with zero attached hydrogens (tertiary/aromatic N) is 1. The first kappa shape index (κ1) is 15.3. The molecule has 118 valence electrons. The lowest BCUT2D eigenvalue weighted by molar-refractivity contribution is -0.120. The summed E-state index contributed by atoms with van der Waals surface area (Å²) in [5, 5.41) is 2.80. The molecule has 2 aromatic rings. The number of hydrogen-bond donors (Lipinski definition) is 1. The van der Waals surface area contributed by atoms with E-state index in [1.807, 2.05) is 36.4 Å². The summed E-state index contributed by atoms with van der Waals surface area (Å²) in [6, 6.07) is 13.3. The molecule has 0 spiro atoms. The van der Waals surface area contributed by atoms with Crippen LogP contribution in [0.3, 0.4) is 0 Å². The molecule has 1 amide bonds. The zero-order chi connectivity index (χ0) is 16.1. The van der Waals surface area contributed by atoms with Gasteiger partial charge < -0.3 is 9.88 Å². The minimum absolute atomic E-state index is 0.0396. The Morgan fingerprint density at radius 2 is 1.96 bits per heavy atom. The monoisotopic (exact) mass is 308 g/mol. The van der Waals surface area contributed by atoms with Crippen LogP contribution in [0.4, 0.5) is 5.69 Å². The fraction of sp³-hybridized carbons (Fsp3) is 0.263. The maximum atomic E-state index is 12.5. The van der Waals surface area contributed by atoms with Crippen LogP contribution >= 0.6 is 0 Å². The summed E-state index contributed by atoms with van der Waals surface area (Å²) >= 11 is 0. The molecule has 23 heavy (non-hydrogen) atoms. The fourth-order valence-corrected chi connectivity index (χ4v) is 2.80. The third kappa shape index (κ3) is 3.77. The van der Waals surface area contributed by atoms with Gasteiger partial charge in [-0.2, -0.15) is 0 Å². The maximum Gasteiger partial charge on any atom is 0.274 e. The minimum atomic E-state index is -0.170. The van der Waals surface area contributed by atoms with E-state index >= 15 is 0 Å². The molecule has 0 saturated heterocycles. The number of anilines is 1. The van der Waals surface area contributed by atoms with Gasteiger partial charge in [0.2, 0.25) is 5.91 Å². The van der Waals surface area contributed by atoms with Gasteiger partial charge in [-0.05, 0) is 37.0 Å². The van der Waals surface area contributed by atoms with Gasteiger partial charge in [0.05, 0.1) is 6.54 Å². The van der Waals surface area contributed by atoms with Crippen molar-refractivity contribution in [3.8, 4) is 0 Å². The second kappa shape index (κ2) is 7.09. The van der Waals surface area contributed by atoms with Crippen LogP contribution in [0.1, 0.15) is 24.8 Å². The highest BCUT2D eigenvalue weighted by Crippen LogP contribution is 2.19. The Kier molecular flexibility index (Phi) is 4.71. The van der Waals surface area contributed by atoms with Crippen LogP contribution in [0.15, 0.2) is 65.6 Å². The molecule has 0 saturated carbocycles. The van der Waals surface area contributed by atoms with Crippen molar-refractivity contribution in [3.05, 3.63) is 76.7 Å². The quantitative estimate of drug-likeness (QED) is 0.882. The predicted molar refractivity (Wildman–Crippen MR) is 91.4 cm³/mol. The van der Waals surface area contributed by atoms with E-state index in [0.717, 1.165) is 24.8 Å². The van der Waals surface area contributed by atoms with Crippen molar-refractivity contribution in [1.82, 2.24) is 4.57 Å². The number of allylic oxidation sites excluding steroid dienone is 2. The Hall–Kier alpha value is -2.62. The topological polar surface area (TPSA) is 51.1 Å². The van der Waals surface area contributed by atoms with Crippen molar-refractivity contribution in [2.75, 3.05) is 5.32 Å². The smallest absolute Gasteiger partial charge is 0.274 e. The van der Waals surface area contributed by atoms with Gasteiger partial charge in [-0.1, -0.05) is 42.5 Å². The summed E-state index contributed by atoms with van der Waals surface area (Å²) in [5.41, 5.74) is 1.23. The molecule has 1 aliphatic rings. The molecule has 4 heteroatoms. The number of carbonyl (C=O) groups excluding carboxylic acids is 1. The summed E-state index contributed by atoms with van der Waals surface area (Å²) in [4.78, 5) is 24.8. The van der Waals surface area contributed by atoms with Crippen molar-refractivity contribution in [2.45, 2.75) is 25.8 Å². The van der Waals surface area contributed by atoms with Crippen molar-refractivity contribution in [3.63, 3.8) is 0 Å². The average molecular weight is 308 g/mol. The number of aromatic nitrogens is 1. The number of hydrogen-bond acceptors (Lipinski definition) is 2. The second-order valence-electron chi connectivity index (χ2n) is 5.81. The van der Waals surface area contributed by atoms with Gasteiger partial charge in [0.1, 0.15) is 5.69 Å². The summed E-state index contributed by atoms with van der Waals surface area (Å²) in [6.45, 7) is 0.496. The molecule has 0 radical (unpaired) electrons. The van der Waals surface area contributed by atoms with E-state index in [2.05, 4.69) is 11.4 Å². The van der Waals surface area contributed by atoms with Crippen LogP contribution in [0.2, 0.25) is 0 Å². The lowest BCUT2D eigenvalue weighted by Crippen LogP contribution is -2.29. The van der Waals surface area contributed by atoms with Crippen molar-refractivity contribution >= 4 is 11.6 Å². The molecule has 3 rings (SSSR count). The van der Waals surface area contributed by atoms with Crippen LogP contribution < -0.4 is 10.9 Å². The Morgan fingerprint density at radius 1 is 1.13 bits per heavy atom. The molecule has 1 N–H and O–H groups in total. The van der Waals surface area contributed by atoms with Crippen molar-refractivity contribution < 1.29 is 4.79 Å². The van der Waals surface area contributed by atoms with Crippen LogP contribution in [-0.2, 0) is 11.3 Å². The highest BCUT2D eigenvalue weighted by Gasteiger charge is 2.19. The maximum absolute atomic E-state index is 12.5. The minimum Gasteiger partial charge on any atom is -0.321 e. The molecule has 0 unspecified atom stereocenters. The zero-order valence-corrected chi connectivity index (χ0v) is 12.9. The fourth-order valence-electron chi connectivity index (χ4n) is 2.80. The summed E-state index contributed by atoms with van der Waals surface area (Å²) in [7, 11) is 0. The van der Waals surface area contributed by atoms with E-state index in [1.165, 1.54) is 0 Å². The highest BCUT2D eigenvalue weighted by molar-refractivity contribution is 5.92. The summed E-state index contributed by atoms with van der Waals surface area (Å²) < 4.78 is 1.62. The standard InChI is InChI=1S/C19H20N2O2/c22-18(16-10-5-2-6-11-16)20-17-12-7-13-21(19(17)23)14-15-8-3-1-4-9-15/h1-5,7-9,12-13,16H,6,10-11,14H2,(H,20,22)/t16-/m1/s1. The van der Waals surface area contributed by atoms with Gasteiger partial charge in [-0.3, -0.25) is 9.59 Å². The molecule has 0 aliphatic heterocycles. The van der Waals surface area contributed by atoms with Gasteiger partial charge in [-0.25, -0.2) is 0 Å². The van der Waals surface area contributed by atoms with Crippen LogP contribution in [0.5, 0.6) is 0 Å². The third-order valence-electron chi connectivity index (χ3n) is 4.11. The van der Waals surface area contributed by atoms with Crippen LogP contribution in [-0.4, -0.2) is 10.5 Å². The Labute approximate surface area is 135 Å². The highest BCUT2D eigenvalue weighted by atomic mass is 16.2. The number of rotatable bonds is 4. The first-order chi connectivity index (χ1) is 11.2. The van der Waals surface area contributed by atoms with E-state index in [-0.39, 0.29) is 17.4 Å². The average Bonchev–Trinajstić information content (AvgIpc) is 2.60. The van der Waals surface area contributed by atoms with E-state index in [1.54, 1.807) is 22.9 Å². The Bertz CT molecular complexity index is 762. The predicted octanol–water partition coefficient (Wildman–Crippen LogP) is 3.19. The van der Waals surface area contributed by atoms with Crippen LogP contribution in [0.25, 0.3) is 0 Å². The largest absolute Gasteiger partial charge is 0.321 e. The third-order valence-corrected chi connectivity index (χ3v) is 4.11. The van der Waals surface area contributed by atoms with E-state index in [4.69, 9.17) is 0 Å². The van der Waals surface area contributed by atoms with Crippen LogP contribution in [0, 0.1) is 5.92 Å². The molecule has 1 aromatic heterocycles. The Morgan fingerprint density at radius 3 is 2.70 bits per heavy atom. The number of nitrogens with one attached hydrogen (secondary N) is 1. The molecule has 1 atom stereocenters. The molecule has 4 nitrogen and oxygen atoms in total. The molecule has 1 aromatic carbocycles. The zero-order valence-electron chi connectivity index (χ0n) is 12.9. The van der Waals surface area contributed by atoms with Crippen molar-refractivity contribution in [1.29, 1.82) is 0 Å². The van der Waals surface area contributed by atoms with Gasteiger partial charge in [0.25, 0.3) is 5.56 Å². The first-order valence-corrected chi connectivity index (χ1v) is 7.93. The molecular weight excluding hydrogens is 288 g/mol. The van der Waals surface area contributed by atoms with E-state index < -0.39 is 0 Å². The summed E-state index contributed by atoms with van der Waals surface area (Å²) in [5.74, 6) is -0.105. The van der Waals surface area contributed by atoms with Gasteiger partial charge in [0, 0.05) is 12.1 Å². The molecule has 0 bridgehead atoms. The lowest BCUT2D eigenvalue weighted by atomic mass is 9.93. The number of amides is 1. The van der Waals surface area contributed by atoms with E-state index in [9.17, 15) is 9.59 Å². The molecule has 1 heterocycles. The number of benzene rings is 1. The SMILES string of the molecule is O=C(Nc1cccn(Cc2ccccc2)c1=O)[C@@H]1CC=CCC1. The second-order valence-corrected chi connectivity index (χ2v) is 5.81. The van der Waals surface area contributed by atoms with E-state index in [0.29, 0.717) is 12.2 Å². The normalized spacial score (nSPS) is 17.0. The van der Waals surface area contributed by atoms with Gasteiger partial charge in [-0.15, -0.1) is 0 Å². The lowest BCUT2D eigenvalue weighted by Gasteiger charge is -2.17. The first-order valence-electron chi connectivity index (χ1n) is 7.93.